The summed E-state index contributed by atoms with van der Waals surface area (Å²) in [5.74, 6) is 3.25. The fourth-order valence-electron chi connectivity index (χ4n) is 7.90. The van der Waals surface area contributed by atoms with Gasteiger partial charge in [-0.25, -0.2) is 29.9 Å². The second-order valence-corrected chi connectivity index (χ2v) is 15.0. The molecule has 0 radical (unpaired) electrons. The van der Waals surface area contributed by atoms with E-state index in [4.69, 9.17) is 34.3 Å². The third kappa shape index (κ3) is 7.08. The van der Waals surface area contributed by atoms with Crippen molar-refractivity contribution in [2.24, 2.45) is 0 Å². The molecule has 1 aliphatic carbocycles. The second kappa shape index (κ2) is 15.5. The van der Waals surface area contributed by atoms with E-state index in [0.29, 0.717) is 46.1 Å². The molecule has 3 aromatic heterocycles. The van der Waals surface area contributed by atoms with Crippen LogP contribution in [-0.4, -0.2) is 29.9 Å². The first kappa shape index (κ1) is 36.0. The summed E-state index contributed by atoms with van der Waals surface area (Å²) in [6, 6.07) is 59.3. The molecular formula is C54H36N6O. The van der Waals surface area contributed by atoms with Crippen molar-refractivity contribution in [3.8, 4) is 79.5 Å². The van der Waals surface area contributed by atoms with Crippen LogP contribution in [0.4, 0.5) is 0 Å². The third-order valence-electron chi connectivity index (χ3n) is 11.0. The first-order chi connectivity index (χ1) is 30.2. The Kier molecular flexibility index (Phi) is 9.16. The highest BCUT2D eigenvalue weighted by Gasteiger charge is 2.22. The van der Waals surface area contributed by atoms with Crippen LogP contribution in [0.3, 0.4) is 0 Å². The van der Waals surface area contributed by atoms with E-state index in [1.54, 1.807) is 0 Å². The Labute approximate surface area is 352 Å². The van der Waals surface area contributed by atoms with Crippen molar-refractivity contribution in [3.63, 3.8) is 0 Å². The van der Waals surface area contributed by atoms with Crippen LogP contribution < -0.4 is 0 Å². The monoisotopic (exact) mass is 784 g/mol. The Morgan fingerprint density at radius 1 is 0.344 bits per heavy atom. The zero-order valence-corrected chi connectivity index (χ0v) is 33.0. The van der Waals surface area contributed by atoms with Gasteiger partial charge in [0.2, 0.25) is 0 Å². The molecule has 0 saturated heterocycles. The minimum absolute atomic E-state index is 0.473. The van der Waals surface area contributed by atoms with Gasteiger partial charge in [0.25, 0.3) is 0 Å². The van der Waals surface area contributed by atoms with E-state index in [-0.39, 0.29) is 0 Å². The van der Waals surface area contributed by atoms with Gasteiger partial charge in [-0.1, -0.05) is 170 Å². The average Bonchev–Trinajstić information content (AvgIpc) is 3.73. The van der Waals surface area contributed by atoms with Crippen molar-refractivity contribution in [1.29, 1.82) is 0 Å². The lowest BCUT2D eigenvalue weighted by Crippen LogP contribution is -2.02. The molecule has 61 heavy (non-hydrogen) atoms. The highest BCUT2D eigenvalue weighted by Crippen LogP contribution is 2.41. The fraction of sp³-hybridized carbons (Fsp3) is 0.0370. The minimum atomic E-state index is 0.473. The van der Waals surface area contributed by atoms with Gasteiger partial charge in [-0.15, -0.1) is 0 Å². The molecule has 0 aliphatic heterocycles. The van der Waals surface area contributed by atoms with E-state index in [1.165, 1.54) is 5.57 Å². The molecule has 11 rings (SSSR count). The number of fused-ring (bicyclic) bond motifs is 3. The standard InChI is InChI=1S/C54H36N6O/c1-6-16-35(17-7-1)37-26-28-41(29-27-37)52-56-51(40-24-14-5-15-25-40)59-54(60-52)46-34-43(33-45-44-32-42(36-18-8-2-9-19-36)30-31-47(44)61-48(45)46)53-57-49(38-20-10-3-11-21-38)55-50(58-53)39-22-12-4-13-23-39/h1,3-8,10-34H,2,9H2. The van der Waals surface area contributed by atoms with Gasteiger partial charge < -0.3 is 4.42 Å². The number of nitrogens with zero attached hydrogens (tertiary/aromatic N) is 6. The molecular weight excluding hydrogens is 749 g/mol. The number of aromatic nitrogens is 6. The Morgan fingerprint density at radius 2 is 0.770 bits per heavy atom. The zero-order chi connectivity index (χ0) is 40.5. The van der Waals surface area contributed by atoms with E-state index in [2.05, 4.69) is 78.9 Å². The van der Waals surface area contributed by atoms with Crippen molar-refractivity contribution in [1.82, 2.24) is 29.9 Å². The molecule has 7 heteroatoms. The lowest BCUT2D eigenvalue weighted by molar-refractivity contribution is 0.669. The van der Waals surface area contributed by atoms with Crippen molar-refractivity contribution in [3.05, 3.63) is 200 Å². The SMILES string of the molecule is C1=CC(c2ccc3oc4c(-c5nc(-c6ccccc6)nc(-c6ccc(-c7ccccc7)cc6)n5)cc(-c5nc(-c6ccccc6)nc(-c6ccccc6)n5)cc4c3c2)=CCC1. The van der Waals surface area contributed by atoms with Gasteiger partial charge in [-0.05, 0) is 59.4 Å². The summed E-state index contributed by atoms with van der Waals surface area (Å²) in [5.41, 5.74) is 11.0. The highest BCUT2D eigenvalue weighted by atomic mass is 16.3. The van der Waals surface area contributed by atoms with E-state index in [9.17, 15) is 0 Å². The normalized spacial score (nSPS) is 12.5. The summed E-state index contributed by atoms with van der Waals surface area (Å²) in [5, 5.41) is 1.88. The van der Waals surface area contributed by atoms with Crippen LogP contribution in [0.15, 0.2) is 199 Å². The second-order valence-electron chi connectivity index (χ2n) is 15.0. The lowest BCUT2D eigenvalue weighted by Gasteiger charge is -2.12. The van der Waals surface area contributed by atoms with Gasteiger partial charge >= 0.3 is 0 Å². The van der Waals surface area contributed by atoms with Crippen LogP contribution in [0, 0.1) is 0 Å². The van der Waals surface area contributed by atoms with E-state index in [0.717, 1.165) is 73.7 Å². The Morgan fingerprint density at radius 3 is 1.30 bits per heavy atom. The van der Waals surface area contributed by atoms with Crippen LogP contribution >= 0.6 is 0 Å². The number of allylic oxidation sites excluding steroid dienone is 4. The zero-order valence-electron chi connectivity index (χ0n) is 33.0. The van der Waals surface area contributed by atoms with Crippen LogP contribution in [0.25, 0.3) is 107 Å². The Bertz CT molecular complexity index is 3210. The average molecular weight is 785 g/mol. The van der Waals surface area contributed by atoms with E-state index >= 15 is 0 Å². The number of benzene rings is 7. The lowest BCUT2D eigenvalue weighted by atomic mass is 9.97. The minimum Gasteiger partial charge on any atom is -0.455 e. The molecule has 0 N–H and O–H groups in total. The highest BCUT2D eigenvalue weighted by molar-refractivity contribution is 6.11. The number of hydrogen-bond acceptors (Lipinski definition) is 7. The molecule has 0 saturated carbocycles. The topological polar surface area (TPSA) is 90.5 Å². The molecule has 0 bridgehead atoms. The molecule has 0 amide bonds. The van der Waals surface area contributed by atoms with Crippen LogP contribution in [-0.2, 0) is 0 Å². The van der Waals surface area contributed by atoms with Crippen molar-refractivity contribution >= 4 is 27.5 Å². The van der Waals surface area contributed by atoms with Gasteiger partial charge in [0.15, 0.2) is 34.9 Å². The molecule has 10 aromatic rings. The van der Waals surface area contributed by atoms with E-state index in [1.807, 2.05) is 115 Å². The number of furan rings is 1. The quantitative estimate of drug-likeness (QED) is 0.151. The maximum absolute atomic E-state index is 6.82. The largest absolute Gasteiger partial charge is 0.455 e. The predicted octanol–water partition coefficient (Wildman–Crippen LogP) is 13.4. The van der Waals surface area contributed by atoms with E-state index < -0.39 is 0 Å². The summed E-state index contributed by atoms with van der Waals surface area (Å²) in [7, 11) is 0. The van der Waals surface area contributed by atoms with Gasteiger partial charge in [-0.3, -0.25) is 0 Å². The summed E-state index contributed by atoms with van der Waals surface area (Å²) in [6.45, 7) is 0. The molecule has 0 spiro atoms. The molecule has 3 heterocycles. The molecule has 0 unspecified atom stereocenters. The maximum atomic E-state index is 6.82. The van der Waals surface area contributed by atoms with Crippen molar-refractivity contribution in [2.75, 3.05) is 0 Å². The molecule has 7 nitrogen and oxygen atoms in total. The van der Waals surface area contributed by atoms with Gasteiger partial charge in [0.05, 0.1) is 5.56 Å². The molecule has 0 atom stereocenters. The molecule has 1 aliphatic rings. The first-order valence-corrected chi connectivity index (χ1v) is 20.4. The van der Waals surface area contributed by atoms with Gasteiger partial charge in [0.1, 0.15) is 11.2 Å². The van der Waals surface area contributed by atoms with Crippen molar-refractivity contribution in [2.45, 2.75) is 12.8 Å². The van der Waals surface area contributed by atoms with Gasteiger partial charge in [0, 0.05) is 38.6 Å². The fourth-order valence-corrected chi connectivity index (χ4v) is 7.90. The molecule has 7 aromatic carbocycles. The summed E-state index contributed by atoms with van der Waals surface area (Å²) in [4.78, 5) is 30.7. The molecule has 288 valence electrons. The van der Waals surface area contributed by atoms with Crippen molar-refractivity contribution < 1.29 is 4.42 Å². The Balaban J connectivity index is 1.16. The summed E-state index contributed by atoms with van der Waals surface area (Å²) in [6.07, 6.45) is 8.79. The predicted molar refractivity (Wildman–Crippen MR) is 245 cm³/mol. The van der Waals surface area contributed by atoms with Crippen LogP contribution in [0.5, 0.6) is 0 Å². The van der Waals surface area contributed by atoms with Crippen LogP contribution in [0.2, 0.25) is 0 Å². The van der Waals surface area contributed by atoms with Gasteiger partial charge in [-0.2, -0.15) is 0 Å². The maximum Gasteiger partial charge on any atom is 0.167 e. The smallest absolute Gasteiger partial charge is 0.167 e. The first-order valence-electron chi connectivity index (χ1n) is 20.4. The summed E-state index contributed by atoms with van der Waals surface area (Å²) >= 11 is 0. The summed E-state index contributed by atoms with van der Waals surface area (Å²) < 4.78 is 6.82. The Hall–Kier alpha value is -8.16. The number of rotatable bonds is 8. The van der Waals surface area contributed by atoms with Crippen LogP contribution in [0.1, 0.15) is 18.4 Å². The molecule has 0 fully saturated rings. The third-order valence-corrected chi connectivity index (χ3v) is 11.0. The number of hydrogen-bond donors (Lipinski definition) is 0.